The lowest BCUT2D eigenvalue weighted by atomic mass is 10.0. The van der Waals surface area contributed by atoms with Crippen molar-refractivity contribution in [2.24, 2.45) is 0 Å². The van der Waals surface area contributed by atoms with Crippen LogP contribution in [0.3, 0.4) is 0 Å². The van der Waals surface area contributed by atoms with Gasteiger partial charge in [0.1, 0.15) is 0 Å². The average molecular weight is 247 g/mol. The van der Waals surface area contributed by atoms with E-state index in [2.05, 4.69) is 4.98 Å². The number of ketones is 1. The van der Waals surface area contributed by atoms with Gasteiger partial charge in [-0.05, 0) is 25.1 Å². The number of fused-ring (bicyclic) bond motifs is 1. The minimum Gasteiger partial charge on any atom is -0.289 e. The summed E-state index contributed by atoms with van der Waals surface area (Å²) in [6.07, 6.45) is 1.65. The molecule has 0 atom stereocenters. The van der Waals surface area contributed by atoms with Crippen molar-refractivity contribution in [3.05, 3.63) is 77.5 Å². The predicted octanol–water partition coefficient (Wildman–Crippen LogP) is 3.77. The van der Waals surface area contributed by atoms with E-state index in [0.29, 0.717) is 11.1 Å². The van der Waals surface area contributed by atoms with Crippen LogP contribution in [0.1, 0.15) is 21.5 Å². The molecule has 3 aromatic rings. The Bertz CT molecular complexity index is 762. The molecule has 1 aromatic heterocycles. The van der Waals surface area contributed by atoms with Crippen molar-refractivity contribution < 1.29 is 4.79 Å². The van der Waals surface area contributed by atoms with Crippen LogP contribution >= 0.6 is 0 Å². The molecule has 1 heterocycles. The smallest absolute Gasteiger partial charge is 0.194 e. The topological polar surface area (TPSA) is 30.0 Å². The molecule has 0 aliphatic carbocycles. The Balaban J connectivity index is 2.06. The van der Waals surface area contributed by atoms with Gasteiger partial charge in [-0.25, -0.2) is 0 Å². The Morgan fingerprint density at radius 1 is 0.947 bits per heavy atom. The second-order valence-corrected chi connectivity index (χ2v) is 4.62. The summed E-state index contributed by atoms with van der Waals surface area (Å²) in [5.41, 5.74) is 3.32. The number of para-hydroxylation sites is 1. The van der Waals surface area contributed by atoms with Crippen LogP contribution in [0.5, 0.6) is 0 Å². The summed E-state index contributed by atoms with van der Waals surface area (Å²) in [4.78, 5) is 16.7. The molecule has 19 heavy (non-hydrogen) atoms. The van der Waals surface area contributed by atoms with E-state index < -0.39 is 0 Å². The molecule has 2 nitrogen and oxygen atoms in total. The molecule has 0 saturated carbocycles. The number of nitrogens with zero attached hydrogens (tertiary/aromatic N) is 1. The van der Waals surface area contributed by atoms with E-state index in [4.69, 9.17) is 0 Å². The molecule has 0 N–H and O–H groups in total. The number of carbonyl (C=O) groups excluding carboxylic acids is 1. The highest BCUT2D eigenvalue weighted by Gasteiger charge is 2.10. The van der Waals surface area contributed by atoms with E-state index in [1.165, 1.54) is 0 Å². The Kier molecular flexibility index (Phi) is 2.84. The molecule has 0 bridgehead atoms. The number of benzene rings is 2. The van der Waals surface area contributed by atoms with E-state index in [-0.39, 0.29) is 5.78 Å². The average Bonchev–Trinajstić information content (AvgIpc) is 2.46. The zero-order valence-electron chi connectivity index (χ0n) is 10.6. The lowest BCUT2D eigenvalue weighted by Crippen LogP contribution is -2.02. The van der Waals surface area contributed by atoms with Gasteiger partial charge >= 0.3 is 0 Å². The summed E-state index contributed by atoms with van der Waals surface area (Å²) in [7, 11) is 0. The summed E-state index contributed by atoms with van der Waals surface area (Å²) in [6, 6.07) is 17.3. The molecule has 3 rings (SSSR count). The number of aromatic nitrogens is 1. The first-order valence-corrected chi connectivity index (χ1v) is 6.20. The zero-order valence-corrected chi connectivity index (χ0v) is 10.6. The number of hydrogen-bond donors (Lipinski definition) is 0. The first-order chi connectivity index (χ1) is 9.24. The highest BCUT2D eigenvalue weighted by atomic mass is 16.1. The van der Waals surface area contributed by atoms with Crippen molar-refractivity contribution in [2.75, 3.05) is 0 Å². The van der Waals surface area contributed by atoms with Crippen LogP contribution < -0.4 is 0 Å². The molecule has 0 saturated heterocycles. The van der Waals surface area contributed by atoms with Crippen molar-refractivity contribution in [2.45, 2.75) is 6.92 Å². The molecule has 2 heteroatoms. The lowest BCUT2D eigenvalue weighted by molar-refractivity contribution is 0.103. The zero-order chi connectivity index (χ0) is 13.2. The van der Waals surface area contributed by atoms with Crippen molar-refractivity contribution in [1.29, 1.82) is 0 Å². The van der Waals surface area contributed by atoms with Crippen LogP contribution in [0.4, 0.5) is 0 Å². The maximum atomic E-state index is 12.4. The van der Waals surface area contributed by atoms with Gasteiger partial charge in [0.25, 0.3) is 0 Å². The van der Waals surface area contributed by atoms with Crippen molar-refractivity contribution in [3.8, 4) is 0 Å². The molecular formula is C17H13NO. The van der Waals surface area contributed by atoms with Crippen molar-refractivity contribution in [1.82, 2.24) is 4.98 Å². The fourth-order valence-electron chi connectivity index (χ4n) is 2.15. The number of rotatable bonds is 2. The molecule has 0 radical (unpaired) electrons. The Labute approximate surface area is 111 Å². The fraction of sp³-hybridized carbons (Fsp3) is 0.0588. The van der Waals surface area contributed by atoms with Gasteiger partial charge in [0.15, 0.2) is 5.78 Å². The second kappa shape index (κ2) is 4.65. The molecule has 92 valence electrons. The summed E-state index contributed by atoms with van der Waals surface area (Å²) in [5, 5.41) is 0.987. The summed E-state index contributed by atoms with van der Waals surface area (Å²) >= 11 is 0. The minimum absolute atomic E-state index is 0.0157. The van der Waals surface area contributed by atoms with Crippen molar-refractivity contribution >= 4 is 16.7 Å². The third kappa shape index (κ3) is 2.25. The standard InChI is InChI=1S/C17H13NO/c1-12-5-4-7-14(9-12)17(19)15-10-13-6-2-3-8-16(13)18-11-15/h2-11H,1H3. The molecule has 0 fully saturated rings. The van der Waals surface area contributed by atoms with Crippen LogP contribution in [-0.4, -0.2) is 10.8 Å². The number of aryl methyl sites for hydroxylation is 1. The Morgan fingerprint density at radius 3 is 2.63 bits per heavy atom. The van der Waals surface area contributed by atoms with E-state index in [0.717, 1.165) is 16.5 Å². The highest BCUT2D eigenvalue weighted by molar-refractivity contribution is 6.10. The number of pyridine rings is 1. The summed E-state index contributed by atoms with van der Waals surface area (Å²) in [5.74, 6) is 0.0157. The second-order valence-electron chi connectivity index (χ2n) is 4.62. The van der Waals surface area contributed by atoms with Gasteiger partial charge in [-0.3, -0.25) is 9.78 Å². The van der Waals surface area contributed by atoms with Crippen molar-refractivity contribution in [3.63, 3.8) is 0 Å². The fourth-order valence-corrected chi connectivity index (χ4v) is 2.15. The molecule has 0 amide bonds. The third-order valence-electron chi connectivity index (χ3n) is 3.13. The number of hydrogen-bond acceptors (Lipinski definition) is 2. The molecule has 0 aliphatic rings. The van der Waals surface area contributed by atoms with Gasteiger partial charge in [-0.2, -0.15) is 0 Å². The molecule has 0 aliphatic heterocycles. The molecule has 0 spiro atoms. The third-order valence-corrected chi connectivity index (χ3v) is 3.13. The van der Waals surface area contributed by atoms with Gasteiger partial charge in [-0.1, -0.05) is 42.0 Å². The van der Waals surface area contributed by atoms with E-state index in [9.17, 15) is 4.79 Å². The van der Waals surface area contributed by atoms with Crippen LogP contribution in [0.2, 0.25) is 0 Å². The van der Waals surface area contributed by atoms with Gasteiger partial charge in [0.05, 0.1) is 5.52 Å². The first-order valence-electron chi connectivity index (χ1n) is 6.20. The lowest BCUT2D eigenvalue weighted by Gasteiger charge is -2.03. The highest BCUT2D eigenvalue weighted by Crippen LogP contribution is 2.16. The normalized spacial score (nSPS) is 10.6. The van der Waals surface area contributed by atoms with E-state index >= 15 is 0 Å². The number of carbonyl (C=O) groups is 1. The van der Waals surface area contributed by atoms with Crippen LogP contribution in [0, 0.1) is 6.92 Å². The monoisotopic (exact) mass is 247 g/mol. The van der Waals surface area contributed by atoms with Gasteiger partial charge < -0.3 is 0 Å². The van der Waals surface area contributed by atoms with Crippen LogP contribution in [0.25, 0.3) is 10.9 Å². The Morgan fingerprint density at radius 2 is 1.79 bits per heavy atom. The maximum Gasteiger partial charge on any atom is 0.194 e. The predicted molar refractivity (Wildman–Crippen MR) is 76.4 cm³/mol. The van der Waals surface area contributed by atoms with E-state index in [1.54, 1.807) is 6.20 Å². The Hall–Kier alpha value is -2.48. The largest absolute Gasteiger partial charge is 0.289 e. The van der Waals surface area contributed by atoms with E-state index in [1.807, 2.05) is 61.5 Å². The molecule has 2 aromatic carbocycles. The van der Waals surface area contributed by atoms with Crippen LogP contribution in [0.15, 0.2) is 60.8 Å². The molecular weight excluding hydrogens is 234 g/mol. The van der Waals surface area contributed by atoms with Gasteiger partial charge in [0.2, 0.25) is 0 Å². The van der Waals surface area contributed by atoms with Crippen LogP contribution in [-0.2, 0) is 0 Å². The summed E-state index contributed by atoms with van der Waals surface area (Å²) < 4.78 is 0. The quantitative estimate of drug-likeness (QED) is 0.645. The van der Waals surface area contributed by atoms with Gasteiger partial charge in [0, 0.05) is 22.7 Å². The minimum atomic E-state index is 0.0157. The van der Waals surface area contributed by atoms with Gasteiger partial charge in [-0.15, -0.1) is 0 Å². The SMILES string of the molecule is Cc1cccc(C(=O)c2cnc3ccccc3c2)c1. The maximum absolute atomic E-state index is 12.4. The first kappa shape index (κ1) is 11.6. The summed E-state index contributed by atoms with van der Waals surface area (Å²) in [6.45, 7) is 1.98. The molecule has 0 unspecified atom stereocenters.